The monoisotopic (exact) mass is 465 g/mol. The molecule has 174 valence electrons. The normalized spacial score (nSPS) is 11.7. The Morgan fingerprint density at radius 2 is 1.97 bits per heavy atom. The fraction of sp³-hybridized carbons (Fsp3) is 0.250. The summed E-state index contributed by atoms with van der Waals surface area (Å²) < 4.78 is 42.8. The minimum absolute atomic E-state index is 0.153. The van der Waals surface area contributed by atoms with E-state index in [0.29, 0.717) is 34.1 Å². The molecule has 0 saturated carbocycles. The van der Waals surface area contributed by atoms with Crippen molar-refractivity contribution in [3.63, 3.8) is 0 Å². The SMILES string of the molecule is COc1cc2c(cc1-c1c(C)noc1C)ncc1nc(-c3ccccn3)n(CCOC(F)F)c12. The summed E-state index contributed by atoms with van der Waals surface area (Å²) in [7, 11) is 1.59. The number of rotatable bonds is 7. The van der Waals surface area contributed by atoms with Gasteiger partial charge in [-0.05, 0) is 38.1 Å². The molecule has 0 aliphatic carbocycles. The first-order valence-corrected chi connectivity index (χ1v) is 10.6. The average molecular weight is 465 g/mol. The van der Waals surface area contributed by atoms with Crippen LogP contribution in [0.5, 0.6) is 5.75 Å². The van der Waals surface area contributed by atoms with Crippen LogP contribution in [-0.2, 0) is 11.3 Å². The first-order valence-electron chi connectivity index (χ1n) is 10.6. The number of imidazole rings is 1. The number of pyridine rings is 2. The van der Waals surface area contributed by atoms with Gasteiger partial charge in [0.25, 0.3) is 0 Å². The second-order valence-electron chi connectivity index (χ2n) is 7.69. The Morgan fingerprint density at radius 3 is 2.65 bits per heavy atom. The lowest BCUT2D eigenvalue weighted by molar-refractivity contribution is -0.130. The molecule has 5 aromatic rings. The van der Waals surface area contributed by atoms with E-state index in [1.165, 1.54) is 0 Å². The van der Waals surface area contributed by atoms with Gasteiger partial charge in [-0.2, -0.15) is 8.78 Å². The van der Waals surface area contributed by atoms with Gasteiger partial charge in [-0.3, -0.25) is 9.97 Å². The zero-order valence-electron chi connectivity index (χ0n) is 18.7. The van der Waals surface area contributed by atoms with Crippen LogP contribution < -0.4 is 4.74 Å². The fourth-order valence-electron chi connectivity index (χ4n) is 4.21. The molecular formula is C24H21F2N5O3. The molecule has 0 radical (unpaired) electrons. The van der Waals surface area contributed by atoms with Crippen LogP contribution in [-0.4, -0.2) is 45.0 Å². The summed E-state index contributed by atoms with van der Waals surface area (Å²) in [6.07, 6.45) is 3.32. The van der Waals surface area contributed by atoms with E-state index >= 15 is 0 Å². The van der Waals surface area contributed by atoms with Crippen LogP contribution in [0.2, 0.25) is 0 Å². The van der Waals surface area contributed by atoms with Crippen LogP contribution in [0.25, 0.3) is 44.6 Å². The maximum Gasteiger partial charge on any atom is 0.345 e. The van der Waals surface area contributed by atoms with E-state index in [1.54, 1.807) is 25.6 Å². The third-order valence-electron chi connectivity index (χ3n) is 5.65. The minimum Gasteiger partial charge on any atom is -0.496 e. The number of hydrogen-bond donors (Lipinski definition) is 0. The molecule has 8 nitrogen and oxygen atoms in total. The molecule has 0 unspecified atom stereocenters. The number of ether oxygens (including phenoxy) is 2. The lowest BCUT2D eigenvalue weighted by Crippen LogP contribution is -2.10. The fourth-order valence-corrected chi connectivity index (χ4v) is 4.21. The molecule has 4 aromatic heterocycles. The molecule has 0 atom stereocenters. The summed E-state index contributed by atoms with van der Waals surface area (Å²) in [5, 5.41) is 4.81. The van der Waals surface area contributed by atoms with Crippen molar-refractivity contribution in [2.75, 3.05) is 13.7 Å². The van der Waals surface area contributed by atoms with Gasteiger partial charge in [-0.15, -0.1) is 0 Å². The van der Waals surface area contributed by atoms with E-state index in [4.69, 9.17) is 14.2 Å². The maximum absolute atomic E-state index is 12.7. The molecule has 10 heteroatoms. The second kappa shape index (κ2) is 8.79. The number of halogens is 2. The number of hydrogen-bond acceptors (Lipinski definition) is 7. The molecule has 0 aliphatic rings. The van der Waals surface area contributed by atoms with Gasteiger partial charge in [0.05, 0.1) is 42.2 Å². The predicted molar refractivity (Wildman–Crippen MR) is 122 cm³/mol. The van der Waals surface area contributed by atoms with Crippen LogP contribution in [0.3, 0.4) is 0 Å². The van der Waals surface area contributed by atoms with Gasteiger partial charge in [-0.25, -0.2) is 4.98 Å². The topological polar surface area (TPSA) is 88.1 Å². The van der Waals surface area contributed by atoms with Crippen molar-refractivity contribution in [2.45, 2.75) is 27.0 Å². The zero-order valence-corrected chi connectivity index (χ0v) is 18.7. The highest BCUT2D eigenvalue weighted by Crippen LogP contribution is 2.39. The number of alkyl halides is 2. The first-order chi connectivity index (χ1) is 16.5. The summed E-state index contributed by atoms with van der Waals surface area (Å²) in [6, 6.07) is 9.25. The smallest absolute Gasteiger partial charge is 0.345 e. The van der Waals surface area contributed by atoms with Crippen molar-refractivity contribution in [3.05, 3.63) is 54.2 Å². The van der Waals surface area contributed by atoms with Gasteiger partial charge < -0.3 is 18.6 Å². The van der Waals surface area contributed by atoms with Crippen molar-refractivity contribution >= 4 is 21.9 Å². The molecule has 0 saturated heterocycles. The van der Waals surface area contributed by atoms with Crippen molar-refractivity contribution in [1.82, 2.24) is 24.7 Å². The van der Waals surface area contributed by atoms with Crippen molar-refractivity contribution in [2.24, 2.45) is 0 Å². The second-order valence-corrected chi connectivity index (χ2v) is 7.69. The Balaban J connectivity index is 1.76. The number of aryl methyl sites for hydroxylation is 2. The Kier molecular flexibility index (Phi) is 5.66. The molecule has 34 heavy (non-hydrogen) atoms. The van der Waals surface area contributed by atoms with E-state index in [9.17, 15) is 8.78 Å². The molecular weight excluding hydrogens is 444 g/mol. The molecule has 0 amide bonds. The van der Waals surface area contributed by atoms with E-state index in [2.05, 4.69) is 19.9 Å². The van der Waals surface area contributed by atoms with Crippen LogP contribution in [0.4, 0.5) is 8.78 Å². The largest absolute Gasteiger partial charge is 0.496 e. The van der Waals surface area contributed by atoms with E-state index in [-0.39, 0.29) is 13.2 Å². The van der Waals surface area contributed by atoms with Crippen molar-refractivity contribution in [3.8, 4) is 28.4 Å². The summed E-state index contributed by atoms with van der Waals surface area (Å²) >= 11 is 0. The number of fused-ring (bicyclic) bond motifs is 3. The number of methoxy groups -OCH3 is 1. The lowest BCUT2D eigenvalue weighted by atomic mass is 10.0. The zero-order chi connectivity index (χ0) is 23.8. The summed E-state index contributed by atoms with van der Waals surface area (Å²) in [5.74, 6) is 1.81. The summed E-state index contributed by atoms with van der Waals surface area (Å²) in [5.41, 5.74) is 5.02. The minimum atomic E-state index is -2.86. The Bertz CT molecular complexity index is 1460. The third-order valence-corrected chi connectivity index (χ3v) is 5.65. The lowest BCUT2D eigenvalue weighted by Gasteiger charge is -2.13. The predicted octanol–water partition coefficient (Wildman–Crippen LogP) is 5.17. The van der Waals surface area contributed by atoms with Crippen LogP contribution in [0.1, 0.15) is 11.5 Å². The maximum atomic E-state index is 12.7. The standard InChI is InChI=1S/C24H21F2N5O3/c1-13-21(14(2)34-30-13)16-10-18-15(11-20(16)32-3)22-19(12-28-18)29-23(17-6-4-5-7-27-17)31(22)8-9-33-24(25)26/h4-7,10-12,24H,8-9H2,1-3H3. The number of benzene rings is 1. The van der Waals surface area contributed by atoms with E-state index in [0.717, 1.165) is 27.7 Å². The van der Waals surface area contributed by atoms with Crippen LogP contribution in [0, 0.1) is 13.8 Å². The summed E-state index contributed by atoms with van der Waals surface area (Å²) in [4.78, 5) is 13.7. The molecule has 1 aromatic carbocycles. The highest BCUT2D eigenvalue weighted by Gasteiger charge is 2.21. The van der Waals surface area contributed by atoms with Crippen molar-refractivity contribution in [1.29, 1.82) is 0 Å². The molecule has 5 rings (SSSR count). The van der Waals surface area contributed by atoms with E-state index in [1.807, 2.05) is 42.7 Å². The number of nitrogens with zero attached hydrogens (tertiary/aromatic N) is 5. The molecule has 0 spiro atoms. The molecule has 0 fully saturated rings. The van der Waals surface area contributed by atoms with E-state index < -0.39 is 6.61 Å². The Labute approximate surface area is 193 Å². The van der Waals surface area contributed by atoms with Gasteiger partial charge in [0, 0.05) is 23.7 Å². The third kappa shape index (κ3) is 3.75. The Morgan fingerprint density at radius 1 is 1.12 bits per heavy atom. The quantitative estimate of drug-likeness (QED) is 0.328. The van der Waals surface area contributed by atoms with Gasteiger partial charge >= 0.3 is 6.61 Å². The first kappa shape index (κ1) is 21.9. The molecule has 0 aliphatic heterocycles. The number of aromatic nitrogens is 5. The van der Waals surface area contributed by atoms with Crippen LogP contribution >= 0.6 is 0 Å². The van der Waals surface area contributed by atoms with Gasteiger partial charge in [0.1, 0.15) is 22.7 Å². The molecule has 4 heterocycles. The summed E-state index contributed by atoms with van der Waals surface area (Å²) in [6.45, 7) is 0.806. The van der Waals surface area contributed by atoms with Crippen molar-refractivity contribution < 1.29 is 22.8 Å². The molecule has 0 N–H and O–H groups in total. The van der Waals surface area contributed by atoms with Gasteiger partial charge in [0.15, 0.2) is 5.82 Å². The van der Waals surface area contributed by atoms with Crippen LogP contribution in [0.15, 0.2) is 47.2 Å². The average Bonchev–Trinajstić information content (AvgIpc) is 3.38. The highest BCUT2D eigenvalue weighted by molar-refractivity contribution is 6.05. The van der Waals surface area contributed by atoms with Gasteiger partial charge in [0.2, 0.25) is 0 Å². The Hall–Kier alpha value is -3.92. The molecule has 0 bridgehead atoms. The highest BCUT2D eigenvalue weighted by atomic mass is 19.3. The van der Waals surface area contributed by atoms with Gasteiger partial charge in [-0.1, -0.05) is 11.2 Å².